The molecule has 2 atom stereocenters. The van der Waals surface area contributed by atoms with Gasteiger partial charge in [0.05, 0.1) is 0 Å². The number of imide groups is 1. The highest BCUT2D eigenvalue weighted by atomic mass is 16.2. The molecular weight excluding hydrogens is 356 g/mol. The van der Waals surface area contributed by atoms with Crippen molar-refractivity contribution >= 4 is 17.7 Å². The van der Waals surface area contributed by atoms with Gasteiger partial charge >= 0.3 is 0 Å². The van der Waals surface area contributed by atoms with Crippen molar-refractivity contribution in [3.05, 3.63) is 34.9 Å². The molecular formula is C21H26N4O3. The van der Waals surface area contributed by atoms with Crippen molar-refractivity contribution in [2.45, 2.75) is 57.3 Å². The average molecular weight is 382 g/mol. The molecule has 4 fully saturated rings. The van der Waals surface area contributed by atoms with Crippen LogP contribution in [-0.4, -0.2) is 41.2 Å². The van der Waals surface area contributed by atoms with Crippen LogP contribution in [0.5, 0.6) is 0 Å². The van der Waals surface area contributed by atoms with E-state index in [0.29, 0.717) is 24.6 Å². The summed E-state index contributed by atoms with van der Waals surface area (Å²) in [5.74, 6) is 0.0723. The maximum Gasteiger partial charge on any atom is 0.255 e. The summed E-state index contributed by atoms with van der Waals surface area (Å²) in [6.45, 7) is 1.89. The van der Waals surface area contributed by atoms with Gasteiger partial charge in [-0.05, 0) is 60.8 Å². The van der Waals surface area contributed by atoms with E-state index < -0.39 is 6.04 Å². The Morgan fingerprint density at radius 2 is 2.07 bits per heavy atom. The minimum absolute atomic E-state index is 0.118. The molecule has 2 unspecified atom stereocenters. The first-order valence-electron chi connectivity index (χ1n) is 10.2. The molecule has 2 heterocycles. The van der Waals surface area contributed by atoms with Crippen LogP contribution >= 0.6 is 0 Å². The van der Waals surface area contributed by atoms with E-state index in [2.05, 4.69) is 16.7 Å². The first kappa shape index (κ1) is 17.8. The number of rotatable bonds is 5. The van der Waals surface area contributed by atoms with Gasteiger partial charge in [0.2, 0.25) is 11.8 Å². The van der Waals surface area contributed by atoms with Crippen LogP contribution in [-0.2, 0) is 22.7 Å². The summed E-state index contributed by atoms with van der Waals surface area (Å²) in [5.41, 5.74) is 8.99. The molecule has 0 spiro atoms. The first-order valence-corrected chi connectivity index (χ1v) is 10.2. The highest BCUT2D eigenvalue weighted by Crippen LogP contribution is 2.58. The van der Waals surface area contributed by atoms with Crippen LogP contribution in [0.1, 0.15) is 53.6 Å². The zero-order chi connectivity index (χ0) is 19.5. The van der Waals surface area contributed by atoms with E-state index in [0.717, 1.165) is 30.1 Å². The minimum Gasteiger partial charge on any atom is -0.330 e. The Hall–Kier alpha value is -2.25. The van der Waals surface area contributed by atoms with Crippen molar-refractivity contribution in [1.29, 1.82) is 0 Å². The van der Waals surface area contributed by atoms with Gasteiger partial charge in [-0.3, -0.25) is 19.7 Å². The summed E-state index contributed by atoms with van der Waals surface area (Å²) in [6.07, 6.45) is 4.35. The number of benzene rings is 1. The van der Waals surface area contributed by atoms with E-state index in [4.69, 9.17) is 5.73 Å². The smallest absolute Gasteiger partial charge is 0.255 e. The second kappa shape index (κ2) is 6.39. The third-order valence-corrected chi connectivity index (χ3v) is 7.25. The zero-order valence-electron chi connectivity index (χ0n) is 15.9. The van der Waals surface area contributed by atoms with Crippen LogP contribution in [0.2, 0.25) is 0 Å². The van der Waals surface area contributed by atoms with Gasteiger partial charge in [0.25, 0.3) is 5.91 Å². The Bertz CT molecular complexity index is 861. The van der Waals surface area contributed by atoms with Crippen LogP contribution < -0.4 is 16.4 Å². The van der Waals surface area contributed by atoms with E-state index in [-0.39, 0.29) is 29.6 Å². The average Bonchev–Trinajstić information content (AvgIpc) is 3.29. The van der Waals surface area contributed by atoms with Gasteiger partial charge in [-0.1, -0.05) is 12.1 Å². The Kier molecular flexibility index (Phi) is 4.07. The molecule has 3 saturated carbocycles. The van der Waals surface area contributed by atoms with E-state index in [1.807, 2.05) is 12.1 Å². The summed E-state index contributed by atoms with van der Waals surface area (Å²) >= 11 is 0. The molecule has 0 aromatic heterocycles. The molecule has 3 aliphatic carbocycles. The quantitative estimate of drug-likeness (QED) is 0.649. The molecule has 7 nitrogen and oxygen atoms in total. The second-order valence-corrected chi connectivity index (χ2v) is 8.90. The molecule has 1 aromatic carbocycles. The van der Waals surface area contributed by atoms with Gasteiger partial charge in [0.15, 0.2) is 0 Å². The summed E-state index contributed by atoms with van der Waals surface area (Å²) in [7, 11) is 0. The summed E-state index contributed by atoms with van der Waals surface area (Å²) < 4.78 is 0. The van der Waals surface area contributed by atoms with Crippen LogP contribution in [0.3, 0.4) is 0 Å². The molecule has 3 amide bonds. The monoisotopic (exact) mass is 382 g/mol. The van der Waals surface area contributed by atoms with Crippen molar-refractivity contribution in [3.63, 3.8) is 0 Å². The molecule has 4 N–H and O–H groups in total. The number of carbonyl (C=O) groups excluding carboxylic acids is 3. The Morgan fingerprint density at radius 3 is 2.82 bits per heavy atom. The van der Waals surface area contributed by atoms with Crippen LogP contribution in [0.15, 0.2) is 18.2 Å². The molecule has 2 aliphatic heterocycles. The number of nitrogens with zero attached hydrogens (tertiary/aromatic N) is 1. The fraction of sp³-hybridized carbons (Fsp3) is 0.571. The number of piperidine rings is 1. The molecule has 5 aliphatic rings. The Labute approximate surface area is 164 Å². The maximum atomic E-state index is 12.9. The number of nitrogens with two attached hydrogens (primary N) is 1. The SMILES string of the molecule is NCC12CC(CC1NCc1ccc3c(c1)C(=O)N(C1CCC(=O)NC1=O)C3)C2. The van der Waals surface area contributed by atoms with Gasteiger partial charge in [0, 0.05) is 31.1 Å². The normalized spacial score (nSPS) is 33.7. The van der Waals surface area contributed by atoms with Crippen molar-refractivity contribution in [1.82, 2.24) is 15.5 Å². The topological polar surface area (TPSA) is 105 Å². The van der Waals surface area contributed by atoms with Gasteiger partial charge in [0.1, 0.15) is 6.04 Å². The number of hydrogen-bond acceptors (Lipinski definition) is 5. The van der Waals surface area contributed by atoms with Gasteiger partial charge in [-0.25, -0.2) is 0 Å². The predicted molar refractivity (Wildman–Crippen MR) is 102 cm³/mol. The van der Waals surface area contributed by atoms with Gasteiger partial charge < -0.3 is 16.0 Å². The first-order chi connectivity index (χ1) is 13.5. The highest BCUT2D eigenvalue weighted by Gasteiger charge is 2.55. The van der Waals surface area contributed by atoms with E-state index in [1.54, 1.807) is 4.90 Å². The lowest BCUT2D eigenvalue weighted by Gasteiger charge is -2.40. The number of amides is 3. The predicted octanol–water partition coefficient (Wildman–Crippen LogP) is 0.665. The highest BCUT2D eigenvalue weighted by molar-refractivity contribution is 6.05. The summed E-state index contributed by atoms with van der Waals surface area (Å²) in [5, 5.41) is 6.01. The van der Waals surface area contributed by atoms with E-state index >= 15 is 0 Å². The second-order valence-electron chi connectivity index (χ2n) is 8.90. The van der Waals surface area contributed by atoms with Crippen molar-refractivity contribution in [2.75, 3.05) is 6.54 Å². The molecule has 1 aromatic rings. The lowest BCUT2D eigenvalue weighted by molar-refractivity contribution is -0.136. The summed E-state index contributed by atoms with van der Waals surface area (Å²) in [4.78, 5) is 38.0. The van der Waals surface area contributed by atoms with E-state index in [1.165, 1.54) is 19.3 Å². The standard InChI is InChI=1S/C21H26N4O3/c22-11-21-7-13(8-21)6-17(21)23-9-12-1-2-14-10-25(20(28)15(14)5-12)16-3-4-18(26)24-19(16)27/h1-2,5,13,16-17,23H,3-4,6-11,22H2,(H,24,26,27). The van der Waals surface area contributed by atoms with Crippen molar-refractivity contribution in [3.8, 4) is 0 Å². The van der Waals surface area contributed by atoms with E-state index in [9.17, 15) is 14.4 Å². The van der Waals surface area contributed by atoms with Crippen LogP contribution in [0.4, 0.5) is 0 Å². The maximum absolute atomic E-state index is 12.9. The van der Waals surface area contributed by atoms with Crippen LogP contribution in [0.25, 0.3) is 0 Å². The largest absolute Gasteiger partial charge is 0.330 e. The lowest BCUT2D eigenvalue weighted by Crippen LogP contribution is -2.52. The Balaban J connectivity index is 1.27. The third-order valence-electron chi connectivity index (χ3n) is 7.25. The molecule has 148 valence electrons. The molecule has 28 heavy (non-hydrogen) atoms. The molecule has 7 heteroatoms. The van der Waals surface area contributed by atoms with Crippen molar-refractivity contribution < 1.29 is 14.4 Å². The van der Waals surface area contributed by atoms with Gasteiger partial charge in [-0.2, -0.15) is 0 Å². The number of hydrogen-bond donors (Lipinski definition) is 3. The fourth-order valence-electron chi connectivity index (χ4n) is 5.69. The molecule has 2 bridgehead atoms. The van der Waals surface area contributed by atoms with Gasteiger partial charge in [-0.15, -0.1) is 0 Å². The minimum atomic E-state index is -0.561. The fourth-order valence-corrected chi connectivity index (χ4v) is 5.69. The third kappa shape index (κ3) is 2.68. The summed E-state index contributed by atoms with van der Waals surface area (Å²) in [6, 6.07) is 5.90. The number of carbonyl (C=O) groups is 3. The Morgan fingerprint density at radius 1 is 1.25 bits per heavy atom. The number of nitrogens with one attached hydrogen (secondary N) is 2. The van der Waals surface area contributed by atoms with Crippen molar-refractivity contribution in [2.24, 2.45) is 17.1 Å². The molecule has 1 saturated heterocycles. The molecule has 0 radical (unpaired) electrons. The lowest BCUT2D eigenvalue weighted by atomic mass is 9.68. The zero-order valence-corrected chi connectivity index (χ0v) is 15.9. The number of fused-ring (bicyclic) bond motifs is 2. The van der Waals surface area contributed by atoms with Crippen LogP contribution in [0, 0.1) is 11.3 Å². The molecule has 6 rings (SSSR count).